The number of benzene rings is 2. The second kappa shape index (κ2) is 14.2. The molecule has 4 rings (SSSR count). The summed E-state index contributed by atoms with van der Waals surface area (Å²) in [5, 5.41) is 33.8. The Morgan fingerprint density at radius 3 is 2.05 bits per heavy atom. The van der Waals surface area contributed by atoms with Crippen molar-refractivity contribution in [2.24, 2.45) is 11.5 Å². The van der Waals surface area contributed by atoms with E-state index in [-0.39, 0.29) is 5.04 Å². The highest BCUT2D eigenvalue weighted by atomic mass is 28.4. The summed E-state index contributed by atoms with van der Waals surface area (Å²) >= 11 is 0. The van der Waals surface area contributed by atoms with E-state index >= 15 is 0 Å². The molecule has 12 heteroatoms. The van der Waals surface area contributed by atoms with Crippen molar-refractivity contribution in [1.29, 1.82) is 0 Å². The predicted molar refractivity (Wildman–Crippen MR) is 162 cm³/mol. The van der Waals surface area contributed by atoms with E-state index in [2.05, 4.69) is 49.8 Å². The lowest BCUT2D eigenvalue weighted by molar-refractivity contribution is -0.301. The number of esters is 1. The molecule has 0 amide bonds. The quantitative estimate of drug-likeness (QED) is 0.176. The van der Waals surface area contributed by atoms with Crippen LogP contribution in [0.3, 0.4) is 0 Å². The number of methoxy groups -OCH3 is 1. The van der Waals surface area contributed by atoms with Crippen LogP contribution >= 0.6 is 0 Å². The van der Waals surface area contributed by atoms with Crippen LogP contribution in [-0.4, -0.2) is 105 Å². The molecule has 0 radical (unpaired) electrons. The second-order valence-corrected chi connectivity index (χ2v) is 16.6. The molecular weight excluding hydrogens is 572 g/mol. The Bertz CT molecular complexity index is 1130. The standard InChI is InChI=1S/C31H46N2O9Si/c1-31(2,3)43(19-11-7-5-8-12-19,20-13-9-6-10-14-20)42-27-21(32)15-16-22(35)28(27)41-30-25(33)29(39-18-24(36)38-4)26(37)23(17-34)40-30/h5-14,21-23,25-30,34-35,37H,15-18,32-33H2,1-4H3/t21-,22-,23?,25?,26+,27+,28?,29+,30-/m0/s1. The normalized spacial score (nSPS) is 31.9. The molecule has 1 aliphatic carbocycles. The first-order valence-electron chi connectivity index (χ1n) is 14.7. The van der Waals surface area contributed by atoms with Crippen molar-refractivity contribution in [1.82, 2.24) is 0 Å². The smallest absolute Gasteiger partial charge is 0.331 e. The van der Waals surface area contributed by atoms with Crippen LogP contribution in [0.15, 0.2) is 60.7 Å². The summed E-state index contributed by atoms with van der Waals surface area (Å²) in [4.78, 5) is 11.7. The summed E-state index contributed by atoms with van der Waals surface area (Å²) in [6.07, 6.45) is -6.62. The zero-order valence-electron chi connectivity index (χ0n) is 25.2. The fourth-order valence-corrected chi connectivity index (χ4v) is 10.9. The van der Waals surface area contributed by atoms with Crippen molar-refractivity contribution < 1.29 is 43.5 Å². The Balaban J connectivity index is 1.72. The molecule has 238 valence electrons. The van der Waals surface area contributed by atoms with Crippen molar-refractivity contribution in [3.8, 4) is 0 Å². The monoisotopic (exact) mass is 618 g/mol. The third-order valence-electron chi connectivity index (χ3n) is 8.46. The van der Waals surface area contributed by atoms with Gasteiger partial charge in [-0.1, -0.05) is 81.4 Å². The molecule has 2 aliphatic rings. The van der Waals surface area contributed by atoms with E-state index in [9.17, 15) is 20.1 Å². The number of nitrogens with two attached hydrogens (primary N) is 2. The minimum atomic E-state index is -3.11. The summed E-state index contributed by atoms with van der Waals surface area (Å²) < 4.78 is 29.9. The van der Waals surface area contributed by atoms with Gasteiger partial charge in [0.2, 0.25) is 0 Å². The van der Waals surface area contributed by atoms with E-state index in [4.69, 9.17) is 30.1 Å². The first-order valence-corrected chi connectivity index (χ1v) is 16.6. The van der Waals surface area contributed by atoms with E-state index in [0.717, 1.165) is 10.4 Å². The molecule has 1 saturated heterocycles. The molecule has 11 nitrogen and oxygen atoms in total. The molecule has 1 heterocycles. The molecule has 0 aromatic heterocycles. The van der Waals surface area contributed by atoms with Crippen molar-refractivity contribution >= 4 is 24.7 Å². The van der Waals surface area contributed by atoms with E-state index < -0.39 is 82.5 Å². The van der Waals surface area contributed by atoms with Gasteiger partial charge in [0, 0.05) is 6.04 Å². The maximum Gasteiger partial charge on any atom is 0.331 e. The molecular formula is C31H46N2O9Si. The fourth-order valence-electron chi connectivity index (χ4n) is 6.17. The van der Waals surface area contributed by atoms with Crippen molar-refractivity contribution in [2.45, 2.75) is 93.6 Å². The van der Waals surface area contributed by atoms with Gasteiger partial charge in [-0.05, 0) is 28.3 Å². The summed E-state index contributed by atoms with van der Waals surface area (Å²) in [5.41, 5.74) is 13.2. The van der Waals surface area contributed by atoms with Gasteiger partial charge in [-0.2, -0.15) is 0 Å². The minimum Gasteiger partial charge on any atom is -0.467 e. The average Bonchev–Trinajstić information content (AvgIpc) is 3.00. The van der Waals surface area contributed by atoms with Crippen LogP contribution in [0.2, 0.25) is 5.04 Å². The van der Waals surface area contributed by atoms with E-state index in [1.54, 1.807) is 0 Å². The van der Waals surface area contributed by atoms with Gasteiger partial charge in [0.05, 0.1) is 32.0 Å². The number of carbonyl (C=O) groups excluding carboxylic acids is 1. The number of aliphatic hydroxyl groups is 3. The fraction of sp³-hybridized carbons (Fsp3) is 0.581. The van der Waals surface area contributed by atoms with Crippen molar-refractivity contribution in [2.75, 3.05) is 20.3 Å². The summed E-state index contributed by atoms with van der Waals surface area (Å²) in [6, 6.07) is 18.6. The van der Waals surface area contributed by atoms with Crippen LogP contribution in [0.1, 0.15) is 33.6 Å². The first-order chi connectivity index (χ1) is 20.4. The molecule has 9 atom stereocenters. The second-order valence-electron chi connectivity index (χ2n) is 12.3. The van der Waals surface area contributed by atoms with Gasteiger partial charge in [-0.25, -0.2) is 4.79 Å². The van der Waals surface area contributed by atoms with Crippen LogP contribution in [-0.2, 0) is 28.2 Å². The highest BCUT2D eigenvalue weighted by Crippen LogP contribution is 2.40. The SMILES string of the molecule is COC(=O)CO[C@@H]1C(N)[C@H](OC2[C@@H](O)CC[C@H](N)[C@H]2O[Si](c2ccccc2)(c2ccccc2)C(C)(C)C)OC(CO)[C@H]1O. The zero-order chi connectivity index (χ0) is 31.4. The molecule has 2 aromatic rings. The molecule has 0 bridgehead atoms. The molecule has 43 heavy (non-hydrogen) atoms. The molecule has 1 saturated carbocycles. The molecule has 1 aliphatic heterocycles. The average molecular weight is 619 g/mol. The van der Waals surface area contributed by atoms with E-state index in [1.807, 2.05) is 36.4 Å². The van der Waals surface area contributed by atoms with Crippen LogP contribution in [0.5, 0.6) is 0 Å². The van der Waals surface area contributed by atoms with Crippen molar-refractivity contribution in [3.63, 3.8) is 0 Å². The van der Waals surface area contributed by atoms with Gasteiger partial charge in [0.25, 0.3) is 8.32 Å². The topological polar surface area (TPSA) is 176 Å². The van der Waals surface area contributed by atoms with E-state index in [1.165, 1.54) is 7.11 Å². The first kappa shape index (κ1) is 33.7. The number of ether oxygens (including phenoxy) is 4. The Kier molecular flexibility index (Phi) is 11.2. The lowest BCUT2D eigenvalue weighted by Gasteiger charge is -2.51. The van der Waals surface area contributed by atoms with Gasteiger partial charge in [-0.15, -0.1) is 0 Å². The minimum absolute atomic E-state index is 0.362. The maximum atomic E-state index is 11.7. The van der Waals surface area contributed by atoms with Crippen molar-refractivity contribution in [3.05, 3.63) is 60.7 Å². The Labute approximate surface area is 254 Å². The number of aliphatic hydroxyl groups excluding tert-OH is 3. The van der Waals surface area contributed by atoms with Gasteiger partial charge in [-0.3, -0.25) is 0 Å². The number of carbonyl (C=O) groups is 1. The third kappa shape index (κ3) is 7.04. The zero-order valence-corrected chi connectivity index (χ0v) is 26.2. The van der Waals surface area contributed by atoms with Crippen LogP contribution in [0.4, 0.5) is 0 Å². The largest absolute Gasteiger partial charge is 0.467 e. The summed E-state index contributed by atoms with van der Waals surface area (Å²) in [5.74, 6) is -0.656. The molecule has 0 spiro atoms. The summed E-state index contributed by atoms with van der Waals surface area (Å²) in [7, 11) is -1.89. The van der Waals surface area contributed by atoms with E-state index in [0.29, 0.717) is 12.8 Å². The Morgan fingerprint density at radius 2 is 1.53 bits per heavy atom. The van der Waals surface area contributed by atoms with Gasteiger partial charge < -0.3 is 50.2 Å². The molecule has 7 N–H and O–H groups in total. The molecule has 3 unspecified atom stereocenters. The predicted octanol–water partition coefficient (Wildman–Crippen LogP) is -0.238. The maximum absolute atomic E-state index is 11.7. The van der Waals surface area contributed by atoms with Gasteiger partial charge in [0.15, 0.2) is 6.29 Å². The Hall–Kier alpha value is -2.23. The lowest BCUT2D eigenvalue weighted by Crippen LogP contribution is -2.72. The summed E-state index contributed by atoms with van der Waals surface area (Å²) in [6.45, 7) is 5.43. The van der Waals surface area contributed by atoms with Crippen LogP contribution in [0, 0.1) is 0 Å². The Morgan fingerprint density at radius 1 is 0.953 bits per heavy atom. The van der Waals surface area contributed by atoms with Crippen LogP contribution in [0.25, 0.3) is 0 Å². The highest BCUT2D eigenvalue weighted by molar-refractivity contribution is 6.99. The lowest BCUT2D eigenvalue weighted by atomic mass is 9.88. The highest BCUT2D eigenvalue weighted by Gasteiger charge is 2.55. The third-order valence-corrected chi connectivity index (χ3v) is 13.5. The molecule has 2 aromatic carbocycles. The van der Waals surface area contributed by atoms with Crippen LogP contribution < -0.4 is 21.8 Å². The number of hydrogen-bond acceptors (Lipinski definition) is 11. The number of rotatable bonds is 10. The molecule has 2 fully saturated rings. The number of hydrogen-bond donors (Lipinski definition) is 5. The van der Waals surface area contributed by atoms with Gasteiger partial charge in [0.1, 0.15) is 31.0 Å². The van der Waals surface area contributed by atoms with Gasteiger partial charge >= 0.3 is 5.97 Å².